The molecular weight excluding hydrogens is 190 g/mol. The van der Waals surface area contributed by atoms with E-state index in [1.807, 2.05) is 45.0 Å². The summed E-state index contributed by atoms with van der Waals surface area (Å²) in [6.45, 7) is 6.00. The molecule has 0 saturated carbocycles. The van der Waals surface area contributed by atoms with Crippen molar-refractivity contribution in [3.63, 3.8) is 0 Å². The maximum absolute atomic E-state index is 9.07. The zero-order valence-corrected chi connectivity index (χ0v) is 9.19. The van der Waals surface area contributed by atoms with Gasteiger partial charge in [-0.1, -0.05) is 24.2 Å². The highest BCUT2D eigenvalue weighted by Gasteiger charge is 2.38. The maximum Gasteiger partial charge on any atom is 0.129 e. The number of hydrogen-bond acceptors (Lipinski definition) is 3. The molecule has 3 nitrogen and oxygen atoms in total. The molecule has 1 heterocycles. The summed E-state index contributed by atoms with van der Waals surface area (Å²) in [7, 11) is 0. The molecule has 1 aliphatic heterocycles. The number of ether oxygens (including phenoxy) is 1. The van der Waals surface area contributed by atoms with Crippen molar-refractivity contribution in [1.29, 1.82) is 0 Å². The Balaban J connectivity index is 2.58. The lowest BCUT2D eigenvalue weighted by Gasteiger charge is -2.38. The van der Waals surface area contributed by atoms with Crippen LogP contribution in [-0.2, 0) is 0 Å². The fraction of sp³-hybridized carbons (Fsp3) is 0.417. The van der Waals surface area contributed by atoms with Crippen molar-refractivity contribution in [3.8, 4) is 5.75 Å². The number of para-hydroxylation sites is 1. The summed E-state index contributed by atoms with van der Waals surface area (Å²) in [5.74, 6) is 0.853. The molecule has 0 amide bonds. The minimum Gasteiger partial charge on any atom is -0.486 e. The van der Waals surface area contributed by atoms with Crippen LogP contribution in [0.3, 0.4) is 0 Å². The Hall–Kier alpha value is -1.51. The van der Waals surface area contributed by atoms with E-state index in [1.54, 1.807) is 0 Å². The predicted octanol–water partition coefficient (Wildman–Crippen LogP) is 2.67. The Morgan fingerprint density at radius 3 is 2.67 bits per heavy atom. The van der Waals surface area contributed by atoms with Gasteiger partial charge in [-0.3, -0.25) is 0 Å². The lowest BCUT2D eigenvalue weighted by molar-refractivity contribution is 0.0703. The summed E-state index contributed by atoms with van der Waals surface area (Å²) in [5.41, 5.74) is 1.24. The third kappa shape index (κ3) is 1.48. The molecule has 0 aromatic heterocycles. The third-order valence-corrected chi connectivity index (χ3v) is 3.10. The summed E-state index contributed by atoms with van der Waals surface area (Å²) in [6, 6.07) is 7.64. The van der Waals surface area contributed by atoms with Gasteiger partial charge in [0.15, 0.2) is 0 Å². The average Bonchev–Trinajstić information content (AvgIpc) is 2.19. The van der Waals surface area contributed by atoms with E-state index in [0.29, 0.717) is 5.71 Å². The molecule has 1 unspecified atom stereocenters. The largest absolute Gasteiger partial charge is 0.486 e. The average molecular weight is 205 g/mol. The van der Waals surface area contributed by atoms with Gasteiger partial charge in [-0.2, -0.15) is 0 Å². The van der Waals surface area contributed by atoms with Gasteiger partial charge < -0.3 is 9.94 Å². The Kier molecular flexibility index (Phi) is 2.18. The van der Waals surface area contributed by atoms with Crippen molar-refractivity contribution < 1.29 is 9.94 Å². The smallest absolute Gasteiger partial charge is 0.129 e. The van der Waals surface area contributed by atoms with Gasteiger partial charge in [0, 0.05) is 11.5 Å². The third-order valence-electron chi connectivity index (χ3n) is 3.10. The van der Waals surface area contributed by atoms with Crippen molar-refractivity contribution in [1.82, 2.24) is 0 Å². The number of nitrogens with zero attached hydrogens (tertiary/aromatic N) is 1. The molecule has 15 heavy (non-hydrogen) atoms. The van der Waals surface area contributed by atoms with Crippen LogP contribution >= 0.6 is 0 Å². The highest BCUT2D eigenvalue weighted by molar-refractivity contribution is 6.05. The summed E-state index contributed by atoms with van der Waals surface area (Å²) in [5, 5.41) is 12.5. The molecule has 0 spiro atoms. The summed E-state index contributed by atoms with van der Waals surface area (Å²) >= 11 is 0. The molecular formula is C12H15NO2. The quantitative estimate of drug-likeness (QED) is 0.522. The van der Waals surface area contributed by atoms with E-state index in [-0.39, 0.29) is 11.5 Å². The first-order chi connectivity index (χ1) is 7.06. The summed E-state index contributed by atoms with van der Waals surface area (Å²) in [4.78, 5) is 0. The molecule has 1 N–H and O–H groups in total. The Labute approximate surface area is 89.4 Å². The fourth-order valence-electron chi connectivity index (χ4n) is 1.84. The molecule has 0 saturated heterocycles. The van der Waals surface area contributed by atoms with E-state index >= 15 is 0 Å². The topological polar surface area (TPSA) is 41.8 Å². The molecule has 0 aliphatic carbocycles. The Bertz CT molecular complexity index is 410. The standard InChI is InChI=1S/C12H15NO2/c1-8-11(13-14)9-6-4-5-7-10(9)15-12(8,2)3/h4-8,14H,1-3H3. The van der Waals surface area contributed by atoms with Crippen LogP contribution < -0.4 is 4.74 Å². The number of rotatable bonds is 0. The normalized spacial score (nSPS) is 25.8. The van der Waals surface area contributed by atoms with Crippen LogP contribution in [0.1, 0.15) is 26.3 Å². The first-order valence-electron chi connectivity index (χ1n) is 5.06. The second-order valence-electron chi connectivity index (χ2n) is 4.41. The van der Waals surface area contributed by atoms with Crippen LogP contribution in [0.2, 0.25) is 0 Å². The first-order valence-corrected chi connectivity index (χ1v) is 5.06. The van der Waals surface area contributed by atoms with Crippen LogP contribution in [0.25, 0.3) is 0 Å². The SMILES string of the molecule is CC1C(=NO)c2ccccc2OC1(C)C. The Morgan fingerprint density at radius 2 is 2.00 bits per heavy atom. The lowest BCUT2D eigenvalue weighted by Crippen LogP contribution is -2.44. The van der Waals surface area contributed by atoms with Crippen LogP contribution in [0.15, 0.2) is 29.4 Å². The van der Waals surface area contributed by atoms with Crippen LogP contribution in [-0.4, -0.2) is 16.5 Å². The van der Waals surface area contributed by atoms with Crippen molar-refractivity contribution in [2.75, 3.05) is 0 Å². The van der Waals surface area contributed by atoms with E-state index in [4.69, 9.17) is 9.94 Å². The molecule has 1 aromatic carbocycles. The van der Waals surface area contributed by atoms with Gasteiger partial charge in [0.25, 0.3) is 0 Å². The van der Waals surface area contributed by atoms with E-state index in [9.17, 15) is 0 Å². The van der Waals surface area contributed by atoms with Crippen LogP contribution in [0, 0.1) is 5.92 Å². The second kappa shape index (κ2) is 3.26. The maximum atomic E-state index is 9.07. The lowest BCUT2D eigenvalue weighted by atomic mass is 9.82. The highest BCUT2D eigenvalue weighted by atomic mass is 16.5. The second-order valence-corrected chi connectivity index (χ2v) is 4.41. The van der Waals surface area contributed by atoms with E-state index < -0.39 is 0 Å². The van der Waals surface area contributed by atoms with Gasteiger partial charge in [-0.25, -0.2) is 0 Å². The highest BCUT2D eigenvalue weighted by Crippen LogP contribution is 2.36. The van der Waals surface area contributed by atoms with Gasteiger partial charge in [-0.05, 0) is 26.0 Å². The van der Waals surface area contributed by atoms with Gasteiger partial charge in [0.1, 0.15) is 11.4 Å². The summed E-state index contributed by atoms with van der Waals surface area (Å²) in [6.07, 6.45) is 0. The van der Waals surface area contributed by atoms with Gasteiger partial charge in [0.05, 0.1) is 5.71 Å². The first kappa shape index (κ1) is 10.0. The zero-order valence-electron chi connectivity index (χ0n) is 9.19. The van der Waals surface area contributed by atoms with Crippen molar-refractivity contribution in [2.24, 2.45) is 11.1 Å². The number of benzene rings is 1. The molecule has 1 aliphatic rings. The molecule has 0 radical (unpaired) electrons. The fourth-order valence-corrected chi connectivity index (χ4v) is 1.84. The van der Waals surface area contributed by atoms with E-state index in [2.05, 4.69) is 5.16 Å². The van der Waals surface area contributed by atoms with Gasteiger partial charge in [-0.15, -0.1) is 0 Å². The zero-order chi connectivity index (χ0) is 11.1. The summed E-state index contributed by atoms with van der Waals surface area (Å²) < 4.78 is 5.87. The van der Waals surface area contributed by atoms with Gasteiger partial charge >= 0.3 is 0 Å². The number of fused-ring (bicyclic) bond motifs is 1. The van der Waals surface area contributed by atoms with Crippen molar-refractivity contribution >= 4 is 5.71 Å². The number of oxime groups is 1. The minimum atomic E-state index is -0.337. The molecule has 2 rings (SSSR count). The Morgan fingerprint density at radius 1 is 1.33 bits per heavy atom. The van der Waals surface area contributed by atoms with Gasteiger partial charge in [0.2, 0.25) is 0 Å². The van der Waals surface area contributed by atoms with Crippen LogP contribution in [0.4, 0.5) is 0 Å². The predicted molar refractivity (Wildman–Crippen MR) is 58.6 cm³/mol. The molecule has 3 heteroatoms. The number of hydrogen-bond donors (Lipinski definition) is 1. The van der Waals surface area contributed by atoms with Crippen molar-refractivity contribution in [2.45, 2.75) is 26.4 Å². The minimum absolute atomic E-state index is 0.0670. The van der Waals surface area contributed by atoms with E-state index in [1.165, 1.54) is 0 Å². The molecule has 0 bridgehead atoms. The monoisotopic (exact) mass is 205 g/mol. The van der Waals surface area contributed by atoms with Crippen LogP contribution in [0.5, 0.6) is 5.75 Å². The molecule has 0 fully saturated rings. The molecule has 1 atom stereocenters. The van der Waals surface area contributed by atoms with E-state index in [0.717, 1.165) is 11.3 Å². The molecule has 1 aromatic rings. The van der Waals surface area contributed by atoms with Crippen molar-refractivity contribution in [3.05, 3.63) is 29.8 Å². The molecule has 80 valence electrons.